The van der Waals surface area contributed by atoms with Crippen LogP contribution in [0.4, 0.5) is 5.69 Å². The fraction of sp³-hybridized carbons (Fsp3) is 0.630. The van der Waals surface area contributed by atoms with E-state index in [1.54, 1.807) is 0 Å². The van der Waals surface area contributed by atoms with Gasteiger partial charge in [-0.3, -0.25) is 14.7 Å². The zero-order valence-electron chi connectivity index (χ0n) is 20.7. The summed E-state index contributed by atoms with van der Waals surface area (Å²) < 4.78 is 18.3. The number of aliphatic imine (C=N–C) groups is 1. The van der Waals surface area contributed by atoms with E-state index >= 15 is 0 Å². The fourth-order valence-corrected chi connectivity index (χ4v) is 8.32. The Labute approximate surface area is 214 Å². The number of nitrogens with zero attached hydrogens (tertiary/aromatic N) is 2. The van der Waals surface area contributed by atoms with Crippen LogP contribution in [0.15, 0.2) is 40.9 Å². The molecule has 37 heavy (non-hydrogen) atoms. The second kappa shape index (κ2) is 8.16. The van der Waals surface area contributed by atoms with Crippen LogP contribution in [0.5, 0.6) is 0 Å². The van der Waals surface area contributed by atoms with Crippen LogP contribution in [0.25, 0.3) is 0 Å². The molecule has 1 aromatic carbocycles. The molecule has 0 radical (unpaired) electrons. The zero-order valence-corrected chi connectivity index (χ0v) is 20.7. The van der Waals surface area contributed by atoms with Gasteiger partial charge in [0.25, 0.3) is 0 Å². The fourth-order valence-electron chi connectivity index (χ4n) is 8.32. The topological polar surface area (TPSA) is 141 Å². The molecule has 2 unspecified atom stereocenters. The molecule has 5 saturated heterocycles. The van der Waals surface area contributed by atoms with Crippen LogP contribution in [0.3, 0.4) is 0 Å². The molecule has 1 saturated carbocycles. The molecule has 10 heteroatoms. The lowest BCUT2D eigenvalue weighted by molar-refractivity contribution is -0.328. The van der Waals surface area contributed by atoms with Crippen LogP contribution in [-0.4, -0.2) is 98.7 Å². The average molecular weight is 513 g/mol. The summed E-state index contributed by atoms with van der Waals surface area (Å²) in [5.41, 5.74) is 3.57. The summed E-state index contributed by atoms with van der Waals surface area (Å²) in [5, 5.41) is 40.9. The quantitative estimate of drug-likeness (QED) is 0.327. The highest BCUT2D eigenvalue weighted by Crippen LogP contribution is 2.67. The Morgan fingerprint density at radius 2 is 2.03 bits per heavy atom. The Hall–Kier alpha value is -2.18. The number of benzene rings is 1. The van der Waals surface area contributed by atoms with E-state index in [0.717, 1.165) is 35.4 Å². The molecule has 10 nitrogen and oxygen atoms in total. The molecule has 198 valence electrons. The molecule has 5 bridgehead atoms. The van der Waals surface area contributed by atoms with Crippen molar-refractivity contribution in [1.82, 2.24) is 4.90 Å². The number of piperidine rings is 4. The van der Waals surface area contributed by atoms with Crippen molar-refractivity contribution >= 4 is 17.4 Å². The van der Waals surface area contributed by atoms with Crippen molar-refractivity contribution in [2.75, 3.05) is 6.61 Å². The van der Waals surface area contributed by atoms with Crippen LogP contribution in [0, 0.1) is 11.8 Å². The van der Waals surface area contributed by atoms with E-state index in [4.69, 9.17) is 19.2 Å². The number of hydrogen-bond acceptors (Lipinski definition) is 10. The molecule has 7 aliphatic rings. The minimum absolute atomic E-state index is 0.0495. The third kappa shape index (κ3) is 2.95. The number of allylic oxidation sites excluding steroid dienone is 1. The highest BCUT2D eigenvalue weighted by Gasteiger charge is 2.75. The van der Waals surface area contributed by atoms with Crippen LogP contribution in [-0.2, 0) is 24.4 Å². The van der Waals surface area contributed by atoms with Gasteiger partial charge in [0.05, 0.1) is 29.5 Å². The molecule has 13 atom stereocenters. The Morgan fingerprint density at radius 1 is 1.24 bits per heavy atom. The van der Waals surface area contributed by atoms with Gasteiger partial charge in [0.1, 0.15) is 36.7 Å². The van der Waals surface area contributed by atoms with Crippen molar-refractivity contribution < 1.29 is 39.4 Å². The Bertz CT molecular complexity index is 1200. The Balaban J connectivity index is 1.30. The number of esters is 1. The summed E-state index contributed by atoms with van der Waals surface area (Å²) in [5.74, 6) is -0.176. The number of rotatable bonds is 4. The van der Waals surface area contributed by atoms with Crippen LogP contribution in [0.1, 0.15) is 32.3 Å². The highest BCUT2D eigenvalue weighted by molar-refractivity contribution is 6.08. The van der Waals surface area contributed by atoms with Crippen LogP contribution >= 0.6 is 0 Å². The molecule has 8 rings (SSSR count). The van der Waals surface area contributed by atoms with Gasteiger partial charge in [0, 0.05) is 18.9 Å². The minimum Gasteiger partial charge on any atom is -0.461 e. The smallest absolute Gasteiger partial charge is 0.302 e. The number of ether oxygens (including phenoxy) is 3. The molecule has 0 amide bonds. The van der Waals surface area contributed by atoms with Crippen molar-refractivity contribution in [2.45, 2.75) is 87.2 Å². The average Bonchev–Trinajstić information content (AvgIpc) is 3.36. The van der Waals surface area contributed by atoms with Gasteiger partial charge in [-0.25, -0.2) is 0 Å². The summed E-state index contributed by atoms with van der Waals surface area (Å²) in [6, 6.07) is 8.10. The monoisotopic (exact) mass is 512 g/mol. The molecule has 1 aromatic rings. The number of para-hydroxylation sites is 1. The second-order valence-electron chi connectivity index (χ2n) is 11.1. The molecular weight excluding hydrogens is 480 g/mol. The van der Waals surface area contributed by atoms with Crippen molar-refractivity contribution in [1.29, 1.82) is 0 Å². The predicted octanol–water partition coefficient (Wildman–Crippen LogP) is 0.137. The van der Waals surface area contributed by atoms with Gasteiger partial charge in [-0.05, 0) is 42.9 Å². The summed E-state index contributed by atoms with van der Waals surface area (Å²) >= 11 is 0. The standard InChI is InChI=1S/C27H32N2O8/c1-3-12-13-8-16-23-27(14-6-4-5-7-15(14)28-23)9-17(19(13)24(27)35-11(2)31)29(16)25(12)37-26-22(34)21(33)20(32)18(10-30)36-26/h3-7,13,16-22,24-26,30,32-34H,8-10H2,1-2H3/b12-3-/t13-,16-,17-,18+,19?,20+,21-,22+,24+,25+,26-,27+/m0/s1. The maximum atomic E-state index is 12.4. The number of fused-ring (bicyclic) bond motifs is 2. The van der Waals surface area contributed by atoms with Gasteiger partial charge in [0.15, 0.2) is 6.29 Å². The van der Waals surface area contributed by atoms with Gasteiger partial charge >= 0.3 is 5.97 Å². The number of hydrogen-bond donors (Lipinski definition) is 4. The first-order chi connectivity index (χ1) is 17.8. The van der Waals surface area contributed by atoms with Crippen molar-refractivity contribution in [3.05, 3.63) is 41.5 Å². The predicted molar refractivity (Wildman–Crippen MR) is 129 cm³/mol. The molecule has 0 aromatic heterocycles. The molecule has 4 N–H and O–H groups in total. The van der Waals surface area contributed by atoms with Crippen molar-refractivity contribution in [3.63, 3.8) is 0 Å². The summed E-state index contributed by atoms with van der Waals surface area (Å²) in [7, 11) is 0. The van der Waals surface area contributed by atoms with E-state index in [1.807, 2.05) is 31.2 Å². The van der Waals surface area contributed by atoms with Crippen LogP contribution in [0.2, 0.25) is 0 Å². The van der Waals surface area contributed by atoms with E-state index < -0.39 is 49.0 Å². The van der Waals surface area contributed by atoms with Gasteiger partial charge in [-0.1, -0.05) is 24.3 Å². The first kappa shape index (κ1) is 23.9. The van der Waals surface area contributed by atoms with Gasteiger partial charge in [0.2, 0.25) is 0 Å². The van der Waals surface area contributed by atoms with Gasteiger partial charge < -0.3 is 34.6 Å². The van der Waals surface area contributed by atoms with E-state index in [2.05, 4.69) is 11.0 Å². The Kier molecular flexibility index (Phi) is 5.27. The normalized spacial score (nSPS) is 49.7. The maximum absolute atomic E-state index is 12.4. The number of aliphatic hydroxyl groups is 4. The highest BCUT2D eigenvalue weighted by atomic mass is 16.7. The second-order valence-corrected chi connectivity index (χ2v) is 11.1. The van der Waals surface area contributed by atoms with Gasteiger partial charge in [-0.2, -0.15) is 0 Å². The summed E-state index contributed by atoms with van der Waals surface area (Å²) in [6.45, 7) is 2.89. The molecule has 6 fully saturated rings. The van der Waals surface area contributed by atoms with Gasteiger partial charge in [-0.15, -0.1) is 0 Å². The number of carbonyl (C=O) groups excluding carboxylic acids is 1. The molecule has 6 aliphatic heterocycles. The van der Waals surface area contributed by atoms with Crippen LogP contribution < -0.4 is 0 Å². The summed E-state index contributed by atoms with van der Waals surface area (Å²) in [6.07, 6.45) is -4.07. The lowest BCUT2D eigenvalue weighted by Gasteiger charge is -2.59. The van der Waals surface area contributed by atoms with E-state index in [9.17, 15) is 25.2 Å². The largest absolute Gasteiger partial charge is 0.461 e. The van der Waals surface area contributed by atoms with E-state index in [-0.39, 0.29) is 36.0 Å². The zero-order chi connectivity index (χ0) is 25.8. The maximum Gasteiger partial charge on any atom is 0.302 e. The number of carbonyl (C=O) groups is 1. The van der Waals surface area contributed by atoms with E-state index in [0.29, 0.717) is 0 Å². The van der Waals surface area contributed by atoms with Crippen molar-refractivity contribution in [2.24, 2.45) is 16.8 Å². The minimum atomic E-state index is -1.52. The third-order valence-electron chi connectivity index (χ3n) is 9.62. The Morgan fingerprint density at radius 3 is 2.76 bits per heavy atom. The molecule has 6 heterocycles. The first-order valence-corrected chi connectivity index (χ1v) is 13.1. The van der Waals surface area contributed by atoms with E-state index in [1.165, 1.54) is 6.92 Å². The molecular formula is C27H32N2O8. The lowest BCUT2D eigenvalue weighted by Crippen LogP contribution is -2.70. The van der Waals surface area contributed by atoms with Crippen molar-refractivity contribution in [3.8, 4) is 0 Å². The summed E-state index contributed by atoms with van der Waals surface area (Å²) in [4.78, 5) is 19.8. The SMILES string of the molecule is C/C=C1\[C@@H](O[C@@H]2O[C@H](CO)[C@@H](O)[C@H](O)[C@H]2O)N2[C@H]3C[C@@H]1C1[C@@H](OC(C)=O)[C@@]4(C[C@@H]12)C3=Nc1ccccc14. The molecule has 1 spiro atoms. The third-order valence-corrected chi connectivity index (χ3v) is 9.62. The first-order valence-electron chi connectivity index (χ1n) is 13.1. The number of aliphatic hydroxyl groups excluding tert-OH is 4. The lowest BCUT2D eigenvalue weighted by atomic mass is 9.66. The molecule has 1 aliphatic carbocycles.